The highest BCUT2D eigenvalue weighted by molar-refractivity contribution is 6.31. The maximum absolute atomic E-state index is 13.1. The van der Waals surface area contributed by atoms with Crippen molar-refractivity contribution in [3.8, 4) is 0 Å². The van der Waals surface area contributed by atoms with Crippen LogP contribution in [0.4, 0.5) is 10.1 Å². The van der Waals surface area contributed by atoms with Gasteiger partial charge in [0.05, 0.1) is 11.4 Å². The van der Waals surface area contributed by atoms with E-state index >= 15 is 0 Å². The van der Waals surface area contributed by atoms with E-state index < -0.39 is 47.6 Å². The number of halogens is 2. The minimum absolute atomic E-state index is 0.171. The van der Waals surface area contributed by atoms with Gasteiger partial charge in [0.2, 0.25) is 6.54 Å². The monoisotopic (exact) mass is 400 g/mol. The van der Waals surface area contributed by atoms with Gasteiger partial charge in [0.15, 0.2) is 6.61 Å². The first-order valence-electron chi connectivity index (χ1n) is 8.22. The zero-order chi connectivity index (χ0) is 20.1. The fraction of sp³-hybridized carbons (Fsp3) is 0.471. The van der Waals surface area contributed by atoms with Crippen LogP contribution >= 0.6 is 11.6 Å². The highest BCUT2D eigenvalue weighted by Gasteiger charge is 2.44. The summed E-state index contributed by atoms with van der Waals surface area (Å²) in [5, 5.41) is 13.0. The molecule has 0 heterocycles. The van der Waals surface area contributed by atoms with Crippen molar-refractivity contribution in [2.45, 2.75) is 19.8 Å². The molecular weight excluding hydrogens is 383 g/mol. The van der Waals surface area contributed by atoms with Crippen LogP contribution in [0.1, 0.15) is 19.8 Å². The molecule has 0 bridgehead atoms. The molecule has 1 saturated carbocycles. The fourth-order valence-electron chi connectivity index (χ4n) is 3.16. The molecular formula is C17H18ClFN2O6. The summed E-state index contributed by atoms with van der Waals surface area (Å²) in [4.78, 5) is 46.0. The van der Waals surface area contributed by atoms with E-state index in [1.54, 1.807) is 6.92 Å². The quantitative estimate of drug-likeness (QED) is 0.427. The molecule has 8 nitrogen and oxygen atoms in total. The third kappa shape index (κ3) is 5.72. The smallest absolute Gasteiger partial charge is 0.307 e. The first kappa shape index (κ1) is 20.8. The van der Waals surface area contributed by atoms with Gasteiger partial charge in [-0.15, -0.1) is 0 Å². The van der Waals surface area contributed by atoms with Crippen molar-refractivity contribution in [3.05, 3.63) is 39.2 Å². The molecule has 1 fully saturated rings. The molecule has 1 aliphatic rings. The van der Waals surface area contributed by atoms with Crippen molar-refractivity contribution < 1.29 is 28.4 Å². The number of amides is 1. The SMILES string of the molecule is C[C@@H]1CC(=O)[C@@H](CC(=O)OCC(=O)Nc2ccc(F)c(Cl)c2)[C@@H]1C[N+](=O)[O-]. The number of hydrogen-bond acceptors (Lipinski definition) is 6. The summed E-state index contributed by atoms with van der Waals surface area (Å²) < 4.78 is 17.9. The molecule has 0 saturated heterocycles. The number of nitro groups is 1. The number of esters is 1. The normalized spacial score (nSPS) is 21.7. The van der Waals surface area contributed by atoms with E-state index in [0.717, 1.165) is 6.07 Å². The van der Waals surface area contributed by atoms with E-state index in [0.29, 0.717) is 0 Å². The summed E-state index contributed by atoms with van der Waals surface area (Å²) in [6.07, 6.45) is -0.125. The van der Waals surface area contributed by atoms with E-state index in [1.165, 1.54) is 12.1 Å². The number of nitrogens with one attached hydrogen (secondary N) is 1. The average molecular weight is 401 g/mol. The molecule has 10 heteroatoms. The van der Waals surface area contributed by atoms with E-state index in [9.17, 15) is 28.9 Å². The Labute approximate surface area is 159 Å². The lowest BCUT2D eigenvalue weighted by Gasteiger charge is -2.17. The van der Waals surface area contributed by atoms with Gasteiger partial charge in [-0.2, -0.15) is 0 Å². The topological polar surface area (TPSA) is 116 Å². The van der Waals surface area contributed by atoms with Crippen LogP contribution in [-0.4, -0.2) is 35.7 Å². The Bertz CT molecular complexity index is 772. The third-order valence-corrected chi connectivity index (χ3v) is 4.79. The summed E-state index contributed by atoms with van der Waals surface area (Å²) in [6, 6.07) is 3.57. The predicted molar refractivity (Wildman–Crippen MR) is 93.2 cm³/mol. The largest absolute Gasteiger partial charge is 0.456 e. The van der Waals surface area contributed by atoms with Crippen LogP contribution in [-0.2, 0) is 19.1 Å². The molecule has 1 amide bonds. The number of nitrogens with zero attached hydrogens (tertiary/aromatic N) is 1. The number of rotatable bonds is 7. The molecule has 1 aliphatic carbocycles. The van der Waals surface area contributed by atoms with Crippen molar-refractivity contribution in [1.29, 1.82) is 0 Å². The van der Waals surface area contributed by atoms with E-state index in [-0.39, 0.29) is 35.3 Å². The Kier molecular flexibility index (Phi) is 6.84. The zero-order valence-electron chi connectivity index (χ0n) is 14.4. The summed E-state index contributed by atoms with van der Waals surface area (Å²) >= 11 is 5.60. The minimum Gasteiger partial charge on any atom is -0.456 e. The lowest BCUT2D eigenvalue weighted by Crippen LogP contribution is -2.28. The lowest BCUT2D eigenvalue weighted by molar-refractivity contribution is -0.490. The van der Waals surface area contributed by atoms with Crippen LogP contribution < -0.4 is 5.32 Å². The van der Waals surface area contributed by atoms with Gasteiger partial charge in [0.25, 0.3) is 5.91 Å². The first-order chi connectivity index (χ1) is 12.7. The minimum atomic E-state index is -0.789. The predicted octanol–water partition coefficient (Wildman–Crippen LogP) is 2.47. The number of hydrogen-bond donors (Lipinski definition) is 1. The van der Waals surface area contributed by atoms with Crippen LogP contribution in [0.3, 0.4) is 0 Å². The second kappa shape index (κ2) is 8.90. The third-order valence-electron chi connectivity index (χ3n) is 4.50. The van der Waals surface area contributed by atoms with E-state index in [1.807, 2.05) is 0 Å². The Morgan fingerprint density at radius 2 is 2.15 bits per heavy atom. The second-order valence-electron chi connectivity index (χ2n) is 6.48. The van der Waals surface area contributed by atoms with Gasteiger partial charge in [0, 0.05) is 28.9 Å². The maximum atomic E-state index is 13.1. The number of carbonyl (C=O) groups is 3. The van der Waals surface area contributed by atoms with Crippen LogP contribution in [0.5, 0.6) is 0 Å². The molecule has 0 aromatic heterocycles. The lowest BCUT2D eigenvalue weighted by atomic mass is 9.88. The molecule has 0 spiro atoms. The number of benzene rings is 1. The Morgan fingerprint density at radius 1 is 1.44 bits per heavy atom. The maximum Gasteiger partial charge on any atom is 0.307 e. The summed E-state index contributed by atoms with van der Waals surface area (Å²) in [5.74, 6) is -3.81. The Morgan fingerprint density at radius 3 is 2.78 bits per heavy atom. The fourth-order valence-corrected chi connectivity index (χ4v) is 3.34. The van der Waals surface area contributed by atoms with Gasteiger partial charge in [-0.25, -0.2) is 4.39 Å². The van der Waals surface area contributed by atoms with Crippen LogP contribution in [0.2, 0.25) is 5.02 Å². The van der Waals surface area contributed by atoms with Crippen LogP contribution in [0.25, 0.3) is 0 Å². The van der Waals surface area contributed by atoms with Crippen molar-refractivity contribution in [3.63, 3.8) is 0 Å². The summed E-state index contributed by atoms with van der Waals surface area (Å²) in [7, 11) is 0. The Balaban J connectivity index is 1.85. The molecule has 0 unspecified atom stereocenters. The van der Waals surface area contributed by atoms with Crippen molar-refractivity contribution in [1.82, 2.24) is 0 Å². The molecule has 1 aromatic carbocycles. The van der Waals surface area contributed by atoms with Gasteiger partial charge in [-0.3, -0.25) is 24.5 Å². The van der Waals surface area contributed by atoms with Crippen molar-refractivity contribution in [2.75, 3.05) is 18.5 Å². The van der Waals surface area contributed by atoms with Crippen molar-refractivity contribution in [2.24, 2.45) is 17.8 Å². The summed E-state index contributed by atoms with van der Waals surface area (Å²) in [5.41, 5.74) is 0.230. The van der Waals surface area contributed by atoms with Crippen LogP contribution in [0, 0.1) is 33.7 Å². The number of anilines is 1. The molecule has 1 aromatic rings. The van der Waals surface area contributed by atoms with Gasteiger partial charge in [0.1, 0.15) is 11.6 Å². The van der Waals surface area contributed by atoms with Gasteiger partial charge < -0.3 is 10.1 Å². The highest BCUT2D eigenvalue weighted by atomic mass is 35.5. The number of Topliss-reactive ketones (excluding diaryl/α,β-unsaturated/α-hetero) is 1. The second-order valence-corrected chi connectivity index (χ2v) is 6.88. The number of ether oxygens (including phenoxy) is 1. The molecule has 146 valence electrons. The number of ketones is 1. The van der Waals surface area contributed by atoms with Gasteiger partial charge in [-0.1, -0.05) is 18.5 Å². The zero-order valence-corrected chi connectivity index (χ0v) is 15.2. The van der Waals surface area contributed by atoms with Gasteiger partial charge in [-0.05, 0) is 24.1 Å². The first-order valence-corrected chi connectivity index (χ1v) is 8.60. The summed E-state index contributed by atoms with van der Waals surface area (Å²) in [6.45, 7) is 0.736. The van der Waals surface area contributed by atoms with E-state index in [4.69, 9.17) is 16.3 Å². The van der Waals surface area contributed by atoms with Crippen LogP contribution in [0.15, 0.2) is 18.2 Å². The standard InChI is InChI=1S/C17H18ClFN2O6/c1-9-4-15(22)11(12(9)7-21(25)26)6-17(24)27-8-16(23)20-10-2-3-14(19)13(18)5-10/h2-3,5,9,11-12H,4,6-8H2,1H3,(H,20,23)/t9-,11+,12-/m1/s1. The van der Waals surface area contributed by atoms with E-state index in [2.05, 4.69) is 5.32 Å². The molecule has 27 heavy (non-hydrogen) atoms. The molecule has 0 radical (unpaired) electrons. The van der Waals surface area contributed by atoms with Crippen molar-refractivity contribution >= 4 is 34.9 Å². The molecule has 0 aliphatic heterocycles. The van der Waals surface area contributed by atoms with Gasteiger partial charge >= 0.3 is 5.97 Å². The highest BCUT2D eigenvalue weighted by Crippen LogP contribution is 2.36. The molecule has 1 N–H and O–H groups in total. The molecule has 3 atom stereocenters. The Hall–Kier alpha value is -2.55. The number of carbonyl (C=O) groups excluding carboxylic acids is 3. The average Bonchev–Trinajstić information content (AvgIpc) is 2.83. The molecule has 2 rings (SSSR count).